The molecular formula is C12H21N3O. The van der Waals surface area contributed by atoms with E-state index in [-0.39, 0.29) is 6.61 Å². The van der Waals surface area contributed by atoms with Gasteiger partial charge in [-0.05, 0) is 25.7 Å². The third-order valence-electron chi connectivity index (χ3n) is 3.34. The molecule has 4 nitrogen and oxygen atoms in total. The summed E-state index contributed by atoms with van der Waals surface area (Å²) < 4.78 is 0. The number of nitrogens with one attached hydrogen (secondary N) is 1. The summed E-state index contributed by atoms with van der Waals surface area (Å²) >= 11 is 0. The number of hydrogen-bond donors (Lipinski definition) is 2. The summed E-state index contributed by atoms with van der Waals surface area (Å²) in [6.07, 6.45) is 9.22. The van der Waals surface area contributed by atoms with Crippen molar-refractivity contribution in [3.05, 3.63) is 11.6 Å². The molecule has 0 bridgehead atoms. The molecule has 1 heterocycles. The average Bonchev–Trinajstić information content (AvgIpc) is 2.79. The monoisotopic (exact) mass is 223 g/mol. The normalized spacial score (nSPS) is 17.8. The van der Waals surface area contributed by atoms with Crippen LogP contribution >= 0.6 is 0 Å². The van der Waals surface area contributed by atoms with Gasteiger partial charge in [0.05, 0.1) is 0 Å². The molecule has 1 saturated carbocycles. The van der Waals surface area contributed by atoms with Crippen LogP contribution in [-0.4, -0.2) is 26.9 Å². The Morgan fingerprint density at radius 2 is 2.00 bits per heavy atom. The largest absolute Gasteiger partial charge is 0.396 e. The number of aliphatic hydroxyl groups is 1. The van der Waals surface area contributed by atoms with E-state index in [1.54, 1.807) is 0 Å². The highest BCUT2D eigenvalue weighted by atomic mass is 16.2. The van der Waals surface area contributed by atoms with Crippen LogP contribution in [0.1, 0.15) is 62.5 Å². The van der Waals surface area contributed by atoms with E-state index in [1.807, 2.05) is 0 Å². The first-order valence-electron chi connectivity index (χ1n) is 6.42. The number of rotatable bonds is 5. The third-order valence-corrected chi connectivity index (χ3v) is 3.34. The highest BCUT2D eigenvalue weighted by Gasteiger charge is 2.19. The van der Waals surface area contributed by atoms with E-state index < -0.39 is 0 Å². The second-order valence-corrected chi connectivity index (χ2v) is 4.66. The molecular weight excluding hydrogens is 202 g/mol. The van der Waals surface area contributed by atoms with Gasteiger partial charge in [0, 0.05) is 18.9 Å². The Kier molecular flexibility index (Phi) is 4.34. The molecule has 1 aromatic heterocycles. The van der Waals surface area contributed by atoms with Crippen LogP contribution in [0.5, 0.6) is 0 Å². The molecule has 2 rings (SSSR count). The zero-order valence-electron chi connectivity index (χ0n) is 9.78. The van der Waals surface area contributed by atoms with Gasteiger partial charge in [0.1, 0.15) is 5.82 Å². The van der Waals surface area contributed by atoms with Crippen LogP contribution in [0.4, 0.5) is 0 Å². The van der Waals surface area contributed by atoms with Crippen molar-refractivity contribution in [2.24, 2.45) is 0 Å². The zero-order valence-corrected chi connectivity index (χ0v) is 9.78. The smallest absolute Gasteiger partial charge is 0.153 e. The van der Waals surface area contributed by atoms with E-state index in [0.717, 1.165) is 30.9 Å². The lowest BCUT2D eigenvalue weighted by Crippen LogP contribution is -2.06. The summed E-state index contributed by atoms with van der Waals surface area (Å²) in [7, 11) is 0. The van der Waals surface area contributed by atoms with Gasteiger partial charge >= 0.3 is 0 Å². The van der Waals surface area contributed by atoms with Crippen LogP contribution in [0.25, 0.3) is 0 Å². The molecule has 2 N–H and O–H groups in total. The maximum absolute atomic E-state index is 8.71. The first-order chi connectivity index (χ1) is 7.90. The minimum atomic E-state index is 0.267. The molecule has 1 aliphatic rings. The minimum absolute atomic E-state index is 0.267. The first-order valence-corrected chi connectivity index (χ1v) is 6.42. The molecule has 0 amide bonds. The van der Waals surface area contributed by atoms with Crippen molar-refractivity contribution in [2.45, 2.75) is 57.3 Å². The zero-order chi connectivity index (χ0) is 11.2. The fourth-order valence-corrected chi connectivity index (χ4v) is 2.37. The molecule has 0 atom stereocenters. The summed E-state index contributed by atoms with van der Waals surface area (Å²) in [6, 6.07) is 0. The van der Waals surface area contributed by atoms with Crippen LogP contribution in [-0.2, 0) is 6.42 Å². The van der Waals surface area contributed by atoms with Crippen LogP contribution in [0, 0.1) is 0 Å². The lowest BCUT2D eigenvalue weighted by Gasteiger charge is -2.17. The van der Waals surface area contributed by atoms with Gasteiger partial charge in [0.25, 0.3) is 0 Å². The van der Waals surface area contributed by atoms with E-state index in [0.29, 0.717) is 5.92 Å². The number of aromatic nitrogens is 3. The van der Waals surface area contributed by atoms with E-state index in [1.165, 1.54) is 32.1 Å². The lowest BCUT2D eigenvalue weighted by molar-refractivity contribution is 0.284. The minimum Gasteiger partial charge on any atom is -0.396 e. The second-order valence-electron chi connectivity index (χ2n) is 4.66. The predicted octanol–water partition coefficient (Wildman–Crippen LogP) is 2.17. The quantitative estimate of drug-likeness (QED) is 0.752. The molecule has 0 spiro atoms. The molecule has 0 aliphatic heterocycles. The number of hydrogen-bond acceptors (Lipinski definition) is 3. The van der Waals surface area contributed by atoms with Crippen molar-refractivity contribution in [1.29, 1.82) is 0 Å². The van der Waals surface area contributed by atoms with Crippen LogP contribution in [0.15, 0.2) is 0 Å². The maximum Gasteiger partial charge on any atom is 0.153 e. The predicted molar refractivity (Wildman–Crippen MR) is 62.2 cm³/mol. The fraction of sp³-hybridized carbons (Fsp3) is 0.833. The molecule has 0 unspecified atom stereocenters. The number of aliphatic hydroxyl groups excluding tert-OH is 1. The topological polar surface area (TPSA) is 61.8 Å². The van der Waals surface area contributed by atoms with Crippen LogP contribution < -0.4 is 0 Å². The number of nitrogens with zero attached hydrogens (tertiary/aromatic N) is 2. The Labute approximate surface area is 96.5 Å². The molecule has 0 saturated heterocycles. The summed E-state index contributed by atoms with van der Waals surface area (Å²) in [4.78, 5) is 4.56. The van der Waals surface area contributed by atoms with Crippen molar-refractivity contribution in [2.75, 3.05) is 6.61 Å². The maximum atomic E-state index is 8.71. The van der Waals surface area contributed by atoms with E-state index >= 15 is 0 Å². The van der Waals surface area contributed by atoms with Gasteiger partial charge in [-0.3, -0.25) is 5.10 Å². The van der Waals surface area contributed by atoms with E-state index in [4.69, 9.17) is 5.11 Å². The highest BCUT2D eigenvalue weighted by molar-refractivity contribution is 4.99. The van der Waals surface area contributed by atoms with Gasteiger partial charge in [0.2, 0.25) is 0 Å². The van der Waals surface area contributed by atoms with Crippen molar-refractivity contribution in [3.63, 3.8) is 0 Å². The van der Waals surface area contributed by atoms with Gasteiger partial charge in [-0.2, -0.15) is 5.10 Å². The molecule has 1 aromatic rings. The van der Waals surface area contributed by atoms with Gasteiger partial charge < -0.3 is 5.11 Å². The highest BCUT2D eigenvalue weighted by Crippen LogP contribution is 2.30. The first kappa shape index (κ1) is 11.6. The molecule has 0 aromatic carbocycles. The van der Waals surface area contributed by atoms with Crippen LogP contribution in [0.3, 0.4) is 0 Å². The third kappa shape index (κ3) is 3.04. The van der Waals surface area contributed by atoms with Gasteiger partial charge in [-0.25, -0.2) is 4.98 Å². The lowest BCUT2D eigenvalue weighted by atomic mass is 9.89. The number of H-pyrrole nitrogens is 1. The Balaban J connectivity index is 1.85. The van der Waals surface area contributed by atoms with Gasteiger partial charge in [-0.15, -0.1) is 0 Å². The molecule has 0 radical (unpaired) electrons. The summed E-state index contributed by atoms with van der Waals surface area (Å²) in [6.45, 7) is 0.267. The molecule has 1 fully saturated rings. The number of aryl methyl sites for hydroxylation is 1. The van der Waals surface area contributed by atoms with Crippen molar-refractivity contribution < 1.29 is 5.11 Å². The Hall–Kier alpha value is -0.900. The second kappa shape index (κ2) is 5.99. The summed E-state index contributed by atoms with van der Waals surface area (Å²) in [5.41, 5.74) is 0. The molecule has 1 aliphatic carbocycles. The van der Waals surface area contributed by atoms with Crippen molar-refractivity contribution in [3.8, 4) is 0 Å². The number of aromatic amines is 1. The van der Waals surface area contributed by atoms with E-state index in [9.17, 15) is 0 Å². The SMILES string of the molecule is OCCCCc1nc(C2CCCCC2)n[nH]1. The van der Waals surface area contributed by atoms with Gasteiger partial charge in [-0.1, -0.05) is 19.3 Å². The molecule has 4 heteroatoms. The Morgan fingerprint density at radius 3 is 2.75 bits per heavy atom. The standard InChI is InChI=1S/C12H21N3O/c16-9-5-4-8-11-13-12(15-14-11)10-6-2-1-3-7-10/h10,16H,1-9H2,(H,13,14,15). The van der Waals surface area contributed by atoms with Gasteiger partial charge in [0.15, 0.2) is 5.82 Å². The Morgan fingerprint density at radius 1 is 1.19 bits per heavy atom. The van der Waals surface area contributed by atoms with Crippen LogP contribution in [0.2, 0.25) is 0 Å². The summed E-state index contributed by atoms with van der Waals surface area (Å²) in [5, 5.41) is 16.0. The Bertz CT molecular complexity index is 305. The molecule has 16 heavy (non-hydrogen) atoms. The fourth-order valence-electron chi connectivity index (χ4n) is 2.37. The number of unbranched alkanes of at least 4 members (excludes halogenated alkanes) is 1. The molecule has 90 valence electrons. The van der Waals surface area contributed by atoms with Crippen molar-refractivity contribution in [1.82, 2.24) is 15.2 Å². The van der Waals surface area contributed by atoms with E-state index in [2.05, 4.69) is 15.2 Å². The van der Waals surface area contributed by atoms with Crippen molar-refractivity contribution >= 4 is 0 Å². The summed E-state index contributed by atoms with van der Waals surface area (Å²) in [5.74, 6) is 2.57. The average molecular weight is 223 g/mol.